The first-order valence-corrected chi connectivity index (χ1v) is 5.80. The van der Waals surface area contributed by atoms with Crippen molar-refractivity contribution in [2.24, 2.45) is 0 Å². The molecule has 0 fully saturated rings. The molecule has 0 bridgehead atoms. The number of aromatic nitrogens is 2. The van der Waals surface area contributed by atoms with E-state index in [1.165, 1.54) is 6.20 Å². The van der Waals surface area contributed by atoms with E-state index < -0.39 is 0 Å². The molecule has 5 heteroatoms. The first-order chi connectivity index (χ1) is 8.79. The van der Waals surface area contributed by atoms with Crippen LogP contribution in [0.5, 0.6) is 0 Å². The minimum atomic E-state index is -0.216. The van der Waals surface area contributed by atoms with Gasteiger partial charge < -0.3 is 10.4 Å². The molecule has 1 aromatic heterocycles. The molecule has 0 aliphatic heterocycles. The van der Waals surface area contributed by atoms with Crippen LogP contribution < -0.4 is 5.32 Å². The van der Waals surface area contributed by atoms with Gasteiger partial charge >= 0.3 is 0 Å². The Kier molecular flexibility index (Phi) is 4.09. The number of anilines is 1. The average molecular weight is 245 g/mol. The Morgan fingerprint density at radius 1 is 1.39 bits per heavy atom. The fourth-order valence-corrected chi connectivity index (χ4v) is 1.67. The molecule has 18 heavy (non-hydrogen) atoms. The second kappa shape index (κ2) is 5.97. The van der Waals surface area contributed by atoms with Crippen LogP contribution in [0.15, 0.2) is 36.5 Å². The minimum Gasteiger partial charge on any atom is -0.396 e. The Morgan fingerprint density at radius 3 is 3.00 bits per heavy atom. The number of amides is 1. The standard InChI is InChI=1S/C13H15N3O2/c17-8-2-4-10-3-1-5-11(9-10)15-13(18)12-6-7-14-16-12/h1,3,5-7,9,17H,2,4,8H2,(H,14,16)(H,15,18). The van der Waals surface area contributed by atoms with Gasteiger partial charge in [-0.2, -0.15) is 5.10 Å². The molecule has 0 atom stereocenters. The van der Waals surface area contributed by atoms with Crippen molar-refractivity contribution in [3.63, 3.8) is 0 Å². The highest BCUT2D eigenvalue weighted by atomic mass is 16.2. The zero-order chi connectivity index (χ0) is 12.8. The molecule has 0 aliphatic rings. The van der Waals surface area contributed by atoms with Crippen molar-refractivity contribution in [1.29, 1.82) is 0 Å². The Morgan fingerprint density at radius 2 is 2.28 bits per heavy atom. The largest absolute Gasteiger partial charge is 0.396 e. The maximum absolute atomic E-state index is 11.8. The number of carbonyl (C=O) groups excluding carboxylic acids is 1. The Hall–Kier alpha value is -2.14. The third-order valence-corrected chi connectivity index (χ3v) is 2.55. The van der Waals surface area contributed by atoms with Crippen molar-refractivity contribution in [3.8, 4) is 0 Å². The number of rotatable bonds is 5. The molecule has 5 nitrogen and oxygen atoms in total. The molecule has 1 aromatic carbocycles. The molecule has 0 unspecified atom stereocenters. The number of H-pyrrole nitrogens is 1. The fraction of sp³-hybridized carbons (Fsp3) is 0.231. The Labute approximate surface area is 105 Å². The van der Waals surface area contributed by atoms with Crippen molar-refractivity contribution >= 4 is 11.6 Å². The van der Waals surface area contributed by atoms with Crippen molar-refractivity contribution in [2.45, 2.75) is 12.8 Å². The van der Waals surface area contributed by atoms with Crippen LogP contribution in [-0.2, 0) is 6.42 Å². The lowest BCUT2D eigenvalue weighted by atomic mass is 10.1. The zero-order valence-corrected chi connectivity index (χ0v) is 9.89. The second-order valence-electron chi connectivity index (χ2n) is 3.95. The molecule has 2 aromatic rings. The van der Waals surface area contributed by atoms with E-state index in [0.717, 1.165) is 24.1 Å². The molecule has 3 N–H and O–H groups in total. The maximum atomic E-state index is 11.8. The molecular weight excluding hydrogens is 230 g/mol. The lowest BCUT2D eigenvalue weighted by Crippen LogP contribution is -2.12. The SMILES string of the molecule is O=C(Nc1cccc(CCCO)c1)c1ccn[nH]1. The van der Waals surface area contributed by atoms with Gasteiger partial charge in [-0.15, -0.1) is 0 Å². The van der Waals surface area contributed by atoms with Gasteiger partial charge in [0, 0.05) is 18.5 Å². The normalized spacial score (nSPS) is 10.3. The van der Waals surface area contributed by atoms with Gasteiger partial charge in [0.05, 0.1) is 0 Å². The number of benzene rings is 1. The van der Waals surface area contributed by atoms with Gasteiger partial charge in [0.15, 0.2) is 0 Å². The predicted octanol–water partition coefficient (Wildman–Crippen LogP) is 1.59. The molecule has 0 aliphatic carbocycles. The number of aliphatic hydroxyl groups excluding tert-OH is 1. The third kappa shape index (κ3) is 3.18. The van der Waals surface area contributed by atoms with Gasteiger partial charge in [0.1, 0.15) is 5.69 Å². The van der Waals surface area contributed by atoms with Gasteiger partial charge in [-0.3, -0.25) is 9.89 Å². The van der Waals surface area contributed by atoms with Gasteiger partial charge in [0.25, 0.3) is 5.91 Å². The Balaban J connectivity index is 2.03. The maximum Gasteiger partial charge on any atom is 0.273 e. The van der Waals surface area contributed by atoms with E-state index in [2.05, 4.69) is 15.5 Å². The molecule has 0 radical (unpaired) electrons. The number of nitrogens with one attached hydrogen (secondary N) is 2. The third-order valence-electron chi connectivity index (χ3n) is 2.55. The van der Waals surface area contributed by atoms with E-state index in [4.69, 9.17) is 5.11 Å². The van der Waals surface area contributed by atoms with Crippen molar-refractivity contribution in [3.05, 3.63) is 47.8 Å². The second-order valence-corrected chi connectivity index (χ2v) is 3.95. The lowest BCUT2D eigenvalue weighted by molar-refractivity contribution is 0.102. The van der Waals surface area contributed by atoms with Crippen molar-refractivity contribution in [1.82, 2.24) is 10.2 Å². The highest BCUT2D eigenvalue weighted by molar-refractivity contribution is 6.02. The number of hydrogen-bond donors (Lipinski definition) is 3. The summed E-state index contributed by atoms with van der Waals surface area (Å²) in [5.74, 6) is -0.216. The number of hydrogen-bond acceptors (Lipinski definition) is 3. The van der Waals surface area contributed by atoms with Gasteiger partial charge in [-0.25, -0.2) is 0 Å². The van der Waals surface area contributed by atoms with Crippen LogP contribution in [-0.4, -0.2) is 27.8 Å². The van der Waals surface area contributed by atoms with E-state index in [-0.39, 0.29) is 12.5 Å². The molecule has 94 valence electrons. The highest BCUT2D eigenvalue weighted by Gasteiger charge is 2.06. The lowest BCUT2D eigenvalue weighted by Gasteiger charge is -2.06. The number of aliphatic hydroxyl groups is 1. The molecule has 0 spiro atoms. The van der Waals surface area contributed by atoms with Crippen LogP contribution >= 0.6 is 0 Å². The summed E-state index contributed by atoms with van der Waals surface area (Å²) in [4.78, 5) is 11.8. The smallest absolute Gasteiger partial charge is 0.273 e. The van der Waals surface area contributed by atoms with Crippen LogP contribution in [0.3, 0.4) is 0 Å². The summed E-state index contributed by atoms with van der Waals surface area (Å²) in [6.07, 6.45) is 3.05. The summed E-state index contributed by atoms with van der Waals surface area (Å²) in [6, 6.07) is 9.21. The molecule has 2 rings (SSSR count). The quantitative estimate of drug-likeness (QED) is 0.748. The molecular formula is C13H15N3O2. The van der Waals surface area contributed by atoms with Crippen LogP contribution in [0, 0.1) is 0 Å². The number of aromatic amines is 1. The number of aryl methyl sites for hydroxylation is 1. The summed E-state index contributed by atoms with van der Waals surface area (Å²) >= 11 is 0. The first-order valence-electron chi connectivity index (χ1n) is 5.80. The fourth-order valence-electron chi connectivity index (χ4n) is 1.67. The zero-order valence-electron chi connectivity index (χ0n) is 9.89. The summed E-state index contributed by atoms with van der Waals surface area (Å²) in [5.41, 5.74) is 2.26. The van der Waals surface area contributed by atoms with E-state index in [1.807, 2.05) is 24.3 Å². The van der Waals surface area contributed by atoms with Gasteiger partial charge in [-0.05, 0) is 36.6 Å². The van der Waals surface area contributed by atoms with Crippen LogP contribution in [0.4, 0.5) is 5.69 Å². The number of nitrogens with zero attached hydrogens (tertiary/aromatic N) is 1. The van der Waals surface area contributed by atoms with Crippen molar-refractivity contribution in [2.75, 3.05) is 11.9 Å². The summed E-state index contributed by atoms with van der Waals surface area (Å²) in [5, 5.41) is 17.9. The van der Waals surface area contributed by atoms with Crippen LogP contribution in [0.2, 0.25) is 0 Å². The van der Waals surface area contributed by atoms with Gasteiger partial charge in [0.2, 0.25) is 0 Å². The number of carbonyl (C=O) groups is 1. The first kappa shape index (κ1) is 12.3. The Bertz CT molecular complexity index is 509. The van der Waals surface area contributed by atoms with Crippen LogP contribution in [0.25, 0.3) is 0 Å². The van der Waals surface area contributed by atoms with Crippen LogP contribution in [0.1, 0.15) is 22.5 Å². The molecule has 1 amide bonds. The van der Waals surface area contributed by atoms with E-state index in [1.54, 1.807) is 6.07 Å². The predicted molar refractivity (Wildman–Crippen MR) is 68.4 cm³/mol. The van der Waals surface area contributed by atoms with Crippen molar-refractivity contribution < 1.29 is 9.90 Å². The topological polar surface area (TPSA) is 78.0 Å². The monoisotopic (exact) mass is 245 g/mol. The molecule has 0 saturated carbocycles. The average Bonchev–Trinajstić information content (AvgIpc) is 2.91. The van der Waals surface area contributed by atoms with E-state index >= 15 is 0 Å². The summed E-state index contributed by atoms with van der Waals surface area (Å²) < 4.78 is 0. The summed E-state index contributed by atoms with van der Waals surface area (Å²) in [7, 11) is 0. The molecule has 0 saturated heterocycles. The summed E-state index contributed by atoms with van der Waals surface area (Å²) in [6.45, 7) is 0.171. The molecule has 1 heterocycles. The van der Waals surface area contributed by atoms with E-state index in [9.17, 15) is 4.79 Å². The van der Waals surface area contributed by atoms with Gasteiger partial charge in [-0.1, -0.05) is 12.1 Å². The highest BCUT2D eigenvalue weighted by Crippen LogP contribution is 2.13. The minimum absolute atomic E-state index is 0.171. The van der Waals surface area contributed by atoms with E-state index in [0.29, 0.717) is 5.69 Å².